The molecule has 2 atom stereocenters. The summed E-state index contributed by atoms with van der Waals surface area (Å²) in [4.78, 5) is 10.7. The zero-order valence-corrected chi connectivity index (χ0v) is 10.7. The number of carboxylic acids is 1. The quantitative estimate of drug-likeness (QED) is 0.859. The minimum absolute atomic E-state index is 0.0198. The summed E-state index contributed by atoms with van der Waals surface area (Å²) in [5.74, 6) is -0.872. The van der Waals surface area contributed by atoms with Crippen LogP contribution in [0.4, 0.5) is 0 Å². The normalized spacial score (nSPS) is 23.2. The van der Waals surface area contributed by atoms with Gasteiger partial charge in [-0.05, 0) is 24.5 Å². The van der Waals surface area contributed by atoms with Gasteiger partial charge in [-0.3, -0.25) is 0 Å². The molecule has 1 aromatic rings. The molecule has 1 aliphatic heterocycles. The number of aliphatic carboxylic acids is 1. The van der Waals surface area contributed by atoms with Gasteiger partial charge < -0.3 is 15.2 Å². The SMILES string of the molecule is O=C(O)C1CCC(CNCc2ccccc2Cl)O1. The third-order valence-electron chi connectivity index (χ3n) is 3.03. The molecule has 1 aromatic carbocycles. The van der Waals surface area contributed by atoms with Crippen molar-refractivity contribution >= 4 is 17.6 Å². The van der Waals surface area contributed by atoms with Crippen molar-refractivity contribution in [1.82, 2.24) is 5.32 Å². The van der Waals surface area contributed by atoms with Crippen molar-refractivity contribution in [2.45, 2.75) is 31.6 Å². The molecular weight excluding hydrogens is 254 g/mol. The molecule has 2 N–H and O–H groups in total. The van der Waals surface area contributed by atoms with E-state index in [4.69, 9.17) is 21.4 Å². The summed E-state index contributed by atoms with van der Waals surface area (Å²) in [6.45, 7) is 1.31. The van der Waals surface area contributed by atoms with E-state index in [1.54, 1.807) is 0 Å². The van der Waals surface area contributed by atoms with Crippen LogP contribution >= 0.6 is 11.6 Å². The zero-order chi connectivity index (χ0) is 13.0. The largest absolute Gasteiger partial charge is 0.479 e. The molecule has 0 bridgehead atoms. The molecule has 18 heavy (non-hydrogen) atoms. The molecule has 2 unspecified atom stereocenters. The van der Waals surface area contributed by atoms with Crippen LogP contribution in [0.25, 0.3) is 0 Å². The second-order valence-corrected chi connectivity index (χ2v) is 4.79. The maximum atomic E-state index is 10.7. The first-order chi connectivity index (χ1) is 8.66. The van der Waals surface area contributed by atoms with Crippen LogP contribution in [0.1, 0.15) is 18.4 Å². The van der Waals surface area contributed by atoms with Crippen LogP contribution in [-0.2, 0) is 16.1 Å². The van der Waals surface area contributed by atoms with E-state index in [9.17, 15) is 4.79 Å². The Labute approximate surface area is 111 Å². The van der Waals surface area contributed by atoms with E-state index in [-0.39, 0.29) is 6.10 Å². The minimum Gasteiger partial charge on any atom is -0.479 e. The lowest BCUT2D eigenvalue weighted by atomic mass is 10.2. The maximum Gasteiger partial charge on any atom is 0.332 e. The highest BCUT2D eigenvalue weighted by Gasteiger charge is 2.29. The lowest BCUT2D eigenvalue weighted by Gasteiger charge is -2.12. The first-order valence-corrected chi connectivity index (χ1v) is 6.37. The lowest BCUT2D eigenvalue weighted by Crippen LogP contribution is -2.28. The van der Waals surface area contributed by atoms with Gasteiger partial charge in [-0.2, -0.15) is 0 Å². The van der Waals surface area contributed by atoms with Crippen LogP contribution < -0.4 is 5.32 Å². The van der Waals surface area contributed by atoms with E-state index < -0.39 is 12.1 Å². The highest BCUT2D eigenvalue weighted by Crippen LogP contribution is 2.19. The third kappa shape index (κ3) is 3.45. The molecule has 0 amide bonds. The standard InChI is InChI=1S/C13H16ClNO3/c14-11-4-2-1-3-9(11)7-15-8-10-5-6-12(18-10)13(16)17/h1-4,10,12,15H,5-8H2,(H,16,17). The molecule has 5 heteroatoms. The smallest absolute Gasteiger partial charge is 0.332 e. The van der Waals surface area contributed by atoms with Crippen molar-refractivity contribution < 1.29 is 14.6 Å². The van der Waals surface area contributed by atoms with Crippen LogP contribution in [0.15, 0.2) is 24.3 Å². The number of nitrogens with one attached hydrogen (secondary N) is 1. The van der Waals surface area contributed by atoms with E-state index in [1.807, 2.05) is 24.3 Å². The molecule has 1 aliphatic rings. The lowest BCUT2D eigenvalue weighted by molar-refractivity contribution is -0.149. The van der Waals surface area contributed by atoms with Crippen LogP contribution in [-0.4, -0.2) is 29.8 Å². The van der Waals surface area contributed by atoms with E-state index >= 15 is 0 Å². The van der Waals surface area contributed by atoms with Crippen molar-refractivity contribution in [1.29, 1.82) is 0 Å². The minimum atomic E-state index is -0.872. The van der Waals surface area contributed by atoms with Crippen LogP contribution in [0.2, 0.25) is 5.02 Å². The Morgan fingerprint density at radius 3 is 2.89 bits per heavy atom. The summed E-state index contributed by atoms with van der Waals surface area (Å²) >= 11 is 6.04. The molecular formula is C13H16ClNO3. The van der Waals surface area contributed by atoms with Gasteiger partial charge in [0.1, 0.15) is 0 Å². The van der Waals surface area contributed by atoms with Crippen molar-refractivity contribution in [2.24, 2.45) is 0 Å². The number of ether oxygens (including phenoxy) is 1. The highest BCUT2D eigenvalue weighted by atomic mass is 35.5. The molecule has 1 fully saturated rings. The second kappa shape index (κ2) is 6.18. The second-order valence-electron chi connectivity index (χ2n) is 4.38. The van der Waals surface area contributed by atoms with E-state index in [1.165, 1.54) is 0 Å². The monoisotopic (exact) mass is 269 g/mol. The van der Waals surface area contributed by atoms with E-state index in [2.05, 4.69) is 5.32 Å². The number of benzene rings is 1. The summed E-state index contributed by atoms with van der Waals surface area (Å²) in [6.07, 6.45) is 0.714. The van der Waals surface area contributed by atoms with Crippen molar-refractivity contribution in [3.05, 3.63) is 34.9 Å². The first-order valence-electron chi connectivity index (χ1n) is 5.99. The Morgan fingerprint density at radius 2 is 2.22 bits per heavy atom. The molecule has 4 nitrogen and oxygen atoms in total. The molecule has 2 rings (SSSR count). The first kappa shape index (κ1) is 13.3. The van der Waals surface area contributed by atoms with Gasteiger partial charge in [0.15, 0.2) is 6.10 Å². The van der Waals surface area contributed by atoms with Gasteiger partial charge in [0.05, 0.1) is 6.10 Å². The maximum absolute atomic E-state index is 10.7. The topological polar surface area (TPSA) is 58.6 Å². The Bertz CT molecular complexity index is 424. The van der Waals surface area contributed by atoms with Crippen molar-refractivity contribution in [2.75, 3.05) is 6.54 Å². The van der Waals surface area contributed by atoms with Gasteiger partial charge in [-0.25, -0.2) is 4.79 Å². The Hall–Kier alpha value is -1.10. The molecule has 0 saturated carbocycles. The van der Waals surface area contributed by atoms with Gasteiger partial charge in [0.2, 0.25) is 0 Å². The number of hydrogen-bond acceptors (Lipinski definition) is 3. The average Bonchev–Trinajstić information content (AvgIpc) is 2.80. The van der Waals surface area contributed by atoms with Crippen LogP contribution in [0, 0.1) is 0 Å². The summed E-state index contributed by atoms with van der Waals surface area (Å²) in [5, 5.41) is 12.8. The fourth-order valence-corrected chi connectivity index (χ4v) is 2.25. The van der Waals surface area contributed by atoms with Crippen molar-refractivity contribution in [3.8, 4) is 0 Å². The number of carbonyl (C=O) groups is 1. The van der Waals surface area contributed by atoms with Crippen LogP contribution in [0.5, 0.6) is 0 Å². The average molecular weight is 270 g/mol. The van der Waals surface area contributed by atoms with Gasteiger partial charge in [-0.1, -0.05) is 29.8 Å². The summed E-state index contributed by atoms with van der Waals surface area (Å²) in [7, 11) is 0. The van der Waals surface area contributed by atoms with Gasteiger partial charge in [0.25, 0.3) is 0 Å². The fraction of sp³-hybridized carbons (Fsp3) is 0.462. The molecule has 0 aromatic heterocycles. The Kier molecular flexibility index (Phi) is 4.58. The predicted octanol–water partition coefficient (Wildman–Crippen LogP) is 2.06. The van der Waals surface area contributed by atoms with E-state index in [0.29, 0.717) is 19.5 Å². The number of rotatable bonds is 5. The van der Waals surface area contributed by atoms with Gasteiger partial charge in [0, 0.05) is 18.1 Å². The molecule has 98 valence electrons. The van der Waals surface area contributed by atoms with Gasteiger partial charge in [-0.15, -0.1) is 0 Å². The van der Waals surface area contributed by atoms with E-state index in [0.717, 1.165) is 17.0 Å². The molecule has 1 saturated heterocycles. The number of carboxylic acid groups (broad SMARTS) is 1. The molecule has 0 radical (unpaired) electrons. The Balaban J connectivity index is 1.74. The highest BCUT2D eigenvalue weighted by molar-refractivity contribution is 6.31. The zero-order valence-electron chi connectivity index (χ0n) is 9.93. The third-order valence-corrected chi connectivity index (χ3v) is 3.40. The number of hydrogen-bond donors (Lipinski definition) is 2. The molecule has 0 spiro atoms. The van der Waals surface area contributed by atoms with Crippen LogP contribution in [0.3, 0.4) is 0 Å². The van der Waals surface area contributed by atoms with Gasteiger partial charge >= 0.3 is 5.97 Å². The fourth-order valence-electron chi connectivity index (χ4n) is 2.05. The van der Waals surface area contributed by atoms with Crippen molar-refractivity contribution in [3.63, 3.8) is 0 Å². The summed E-state index contributed by atoms with van der Waals surface area (Å²) in [6, 6.07) is 7.65. The number of halogens is 1. The predicted molar refractivity (Wildman–Crippen MR) is 68.7 cm³/mol. The summed E-state index contributed by atoms with van der Waals surface area (Å²) < 4.78 is 5.40. The summed E-state index contributed by atoms with van der Waals surface area (Å²) in [5.41, 5.74) is 1.03. The Morgan fingerprint density at radius 1 is 1.44 bits per heavy atom. The molecule has 0 aliphatic carbocycles. The molecule has 1 heterocycles.